The average molecular weight is 566 g/mol. The molecule has 0 aliphatic carbocycles. The fraction of sp³-hybridized carbons (Fsp3) is 0.118. The maximum absolute atomic E-state index is 14.4. The van der Waals surface area contributed by atoms with E-state index in [4.69, 9.17) is 4.74 Å². The van der Waals surface area contributed by atoms with Crippen molar-refractivity contribution < 1.29 is 22.7 Å². The predicted molar refractivity (Wildman–Crippen MR) is 157 cm³/mol. The second kappa shape index (κ2) is 11.4. The normalized spacial score (nSPS) is 12.0. The quantitative estimate of drug-likeness (QED) is 0.204. The van der Waals surface area contributed by atoms with Crippen LogP contribution in [0.1, 0.15) is 22.7 Å². The molecule has 0 fully saturated rings. The van der Waals surface area contributed by atoms with E-state index in [2.05, 4.69) is 15.3 Å². The van der Waals surface area contributed by atoms with Crippen molar-refractivity contribution in [2.45, 2.75) is 12.3 Å². The van der Waals surface area contributed by atoms with Gasteiger partial charge in [0.2, 0.25) is 5.91 Å². The van der Waals surface area contributed by atoms with Crippen molar-refractivity contribution in [2.24, 2.45) is 0 Å². The van der Waals surface area contributed by atoms with Gasteiger partial charge in [0.05, 0.1) is 19.2 Å². The van der Waals surface area contributed by atoms with Crippen LogP contribution in [0.2, 0.25) is 0 Å². The number of H-pyrrole nitrogens is 1. The summed E-state index contributed by atoms with van der Waals surface area (Å²) in [4.78, 5) is 20.8. The zero-order chi connectivity index (χ0) is 29.2. The molecule has 42 heavy (non-hydrogen) atoms. The topological polar surface area (TPSA) is 67.0 Å². The Balaban J connectivity index is 1.34. The van der Waals surface area contributed by atoms with Crippen LogP contribution in [0, 0.1) is 17.5 Å². The number of rotatable bonds is 8. The highest BCUT2D eigenvalue weighted by Gasteiger charge is 2.23. The summed E-state index contributed by atoms with van der Waals surface area (Å²) in [6, 6.07) is 23.1. The lowest BCUT2D eigenvalue weighted by molar-refractivity contribution is -0.120. The van der Waals surface area contributed by atoms with E-state index in [0.29, 0.717) is 22.2 Å². The van der Waals surface area contributed by atoms with Crippen LogP contribution in [0.15, 0.2) is 97.3 Å². The molecule has 0 saturated carbocycles. The molecule has 0 aliphatic rings. The first-order chi connectivity index (χ1) is 20.4. The molecular weight excluding hydrogens is 539 g/mol. The van der Waals surface area contributed by atoms with E-state index in [1.54, 1.807) is 31.6 Å². The summed E-state index contributed by atoms with van der Waals surface area (Å²) in [7, 11) is 1.62. The van der Waals surface area contributed by atoms with Crippen LogP contribution in [0.4, 0.5) is 13.2 Å². The number of amides is 1. The third-order valence-electron chi connectivity index (χ3n) is 7.40. The number of nitrogens with zero attached hydrogens (tertiary/aromatic N) is 1. The number of carbonyl (C=O) groups is 1. The first-order valence-electron chi connectivity index (χ1n) is 13.4. The Morgan fingerprint density at radius 2 is 1.69 bits per heavy atom. The van der Waals surface area contributed by atoms with Gasteiger partial charge >= 0.3 is 0 Å². The molecule has 1 amide bonds. The molecular formula is C34H26F3N3O2. The fourth-order valence-electron chi connectivity index (χ4n) is 5.35. The van der Waals surface area contributed by atoms with Crippen LogP contribution in [0.5, 0.6) is 5.75 Å². The van der Waals surface area contributed by atoms with Gasteiger partial charge in [-0.15, -0.1) is 0 Å². The maximum atomic E-state index is 14.4. The number of nitrogens with one attached hydrogen (secondary N) is 2. The fourth-order valence-corrected chi connectivity index (χ4v) is 5.35. The average Bonchev–Trinajstić information content (AvgIpc) is 3.37. The molecule has 0 saturated heterocycles. The highest BCUT2D eigenvalue weighted by atomic mass is 19.1. The Bertz CT molecular complexity index is 1920. The SMILES string of the molecule is COc1ccc2cc(-c3cccnc3C(CNC(=O)Cc3c[nH]c4ccc(F)cc34)c3cc(F)cc(F)c3)ccc2c1. The number of ether oxygens (including phenoxy) is 1. The number of fused-ring (bicyclic) bond motifs is 2. The molecule has 6 aromatic rings. The van der Waals surface area contributed by atoms with Crippen LogP contribution in [-0.2, 0) is 11.2 Å². The van der Waals surface area contributed by atoms with Crippen molar-refractivity contribution in [3.8, 4) is 16.9 Å². The van der Waals surface area contributed by atoms with E-state index in [-0.39, 0.29) is 18.9 Å². The molecule has 6 rings (SSSR count). The van der Waals surface area contributed by atoms with Crippen LogP contribution in [0.3, 0.4) is 0 Å². The minimum absolute atomic E-state index is 0.00308. The standard InChI is InChI=1S/C34H26F3N3O2/c1-42-28-8-6-20-11-22(5-4-21(20)14-28)29-3-2-10-38-34(29)31(23-12-26(36)16-27(37)13-23)19-40-33(41)15-24-18-39-32-9-7-25(35)17-30(24)32/h2-14,16-18,31,39H,15,19H2,1H3,(H,40,41). The predicted octanol–water partition coefficient (Wildman–Crippen LogP) is 7.30. The number of hydrogen-bond acceptors (Lipinski definition) is 3. The number of pyridine rings is 1. The Morgan fingerprint density at radius 3 is 2.50 bits per heavy atom. The number of benzene rings is 4. The summed E-state index contributed by atoms with van der Waals surface area (Å²) in [5, 5.41) is 5.52. The van der Waals surface area contributed by atoms with Gasteiger partial charge in [-0.25, -0.2) is 13.2 Å². The number of carbonyl (C=O) groups excluding carboxylic acids is 1. The first kappa shape index (κ1) is 27.1. The Labute approximate surface area is 240 Å². The highest BCUT2D eigenvalue weighted by Crippen LogP contribution is 2.34. The van der Waals surface area contributed by atoms with Gasteiger partial charge in [0, 0.05) is 47.4 Å². The largest absolute Gasteiger partial charge is 0.497 e. The molecule has 2 aromatic heterocycles. The summed E-state index contributed by atoms with van der Waals surface area (Å²) < 4.78 is 48.0. The third-order valence-corrected chi connectivity index (χ3v) is 7.40. The molecule has 4 aromatic carbocycles. The lowest BCUT2D eigenvalue weighted by atomic mass is 9.89. The maximum Gasteiger partial charge on any atom is 0.224 e. The monoisotopic (exact) mass is 565 g/mol. The van der Waals surface area contributed by atoms with Gasteiger partial charge in [0.1, 0.15) is 23.2 Å². The minimum Gasteiger partial charge on any atom is -0.497 e. The summed E-state index contributed by atoms with van der Waals surface area (Å²) in [5.74, 6) is -2.08. The van der Waals surface area contributed by atoms with Crippen molar-refractivity contribution in [3.05, 3.63) is 132 Å². The van der Waals surface area contributed by atoms with Gasteiger partial charge < -0.3 is 15.0 Å². The van der Waals surface area contributed by atoms with E-state index in [1.165, 1.54) is 24.3 Å². The molecule has 2 N–H and O–H groups in total. The summed E-state index contributed by atoms with van der Waals surface area (Å²) >= 11 is 0. The zero-order valence-electron chi connectivity index (χ0n) is 22.6. The van der Waals surface area contributed by atoms with Gasteiger partial charge in [-0.3, -0.25) is 9.78 Å². The van der Waals surface area contributed by atoms with E-state index in [0.717, 1.165) is 39.2 Å². The molecule has 210 valence electrons. The van der Waals surface area contributed by atoms with E-state index in [1.807, 2.05) is 42.5 Å². The van der Waals surface area contributed by atoms with Gasteiger partial charge in [-0.2, -0.15) is 0 Å². The molecule has 0 radical (unpaired) electrons. The summed E-state index contributed by atoms with van der Waals surface area (Å²) in [6.07, 6.45) is 3.29. The molecule has 0 bridgehead atoms. The van der Waals surface area contributed by atoms with E-state index < -0.39 is 23.4 Å². The highest BCUT2D eigenvalue weighted by molar-refractivity contribution is 5.90. The van der Waals surface area contributed by atoms with Gasteiger partial charge in [-0.1, -0.05) is 24.3 Å². The Kier molecular flexibility index (Phi) is 7.35. The molecule has 2 heterocycles. The van der Waals surface area contributed by atoms with Crippen LogP contribution in [0.25, 0.3) is 32.8 Å². The van der Waals surface area contributed by atoms with Crippen molar-refractivity contribution in [1.82, 2.24) is 15.3 Å². The van der Waals surface area contributed by atoms with Crippen molar-refractivity contribution in [1.29, 1.82) is 0 Å². The molecule has 1 unspecified atom stereocenters. The van der Waals surface area contributed by atoms with Crippen molar-refractivity contribution >= 4 is 27.6 Å². The second-order valence-electron chi connectivity index (χ2n) is 10.1. The summed E-state index contributed by atoms with van der Waals surface area (Å²) in [5.41, 5.74) is 3.90. The number of methoxy groups -OCH3 is 1. The van der Waals surface area contributed by atoms with Gasteiger partial charge in [0.25, 0.3) is 0 Å². The number of halogens is 3. The smallest absolute Gasteiger partial charge is 0.224 e. The van der Waals surface area contributed by atoms with Crippen LogP contribution < -0.4 is 10.1 Å². The summed E-state index contributed by atoms with van der Waals surface area (Å²) in [6.45, 7) is 0.0350. The molecule has 8 heteroatoms. The number of aromatic amines is 1. The zero-order valence-corrected chi connectivity index (χ0v) is 22.6. The lowest BCUT2D eigenvalue weighted by Crippen LogP contribution is -2.30. The Hall–Kier alpha value is -5.11. The minimum atomic E-state index is -0.723. The molecule has 5 nitrogen and oxygen atoms in total. The third kappa shape index (κ3) is 5.56. The molecule has 0 spiro atoms. The molecule has 1 atom stereocenters. The van der Waals surface area contributed by atoms with Crippen LogP contribution >= 0.6 is 0 Å². The lowest BCUT2D eigenvalue weighted by Gasteiger charge is -2.21. The second-order valence-corrected chi connectivity index (χ2v) is 10.1. The number of aromatic nitrogens is 2. The van der Waals surface area contributed by atoms with Crippen LogP contribution in [-0.4, -0.2) is 29.5 Å². The first-order valence-corrected chi connectivity index (χ1v) is 13.4. The van der Waals surface area contributed by atoms with E-state index >= 15 is 0 Å². The van der Waals surface area contributed by atoms with Gasteiger partial charge in [0.15, 0.2) is 0 Å². The number of hydrogen-bond donors (Lipinski definition) is 2. The van der Waals surface area contributed by atoms with Crippen molar-refractivity contribution in [2.75, 3.05) is 13.7 Å². The molecule has 0 aliphatic heterocycles. The Morgan fingerprint density at radius 1 is 0.905 bits per heavy atom. The van der Waals surface area contributed by atoms with Gasteiger partial charge in [-0.05, 0) is 82.1 Å². The van der Waals surface area contributed by atoms with E-state index in [9.17, 15) is 18.0 Å². The van der Waals surface area contributed by atoms with Crippen molar-refractivity contribution in [3.63, 3.8) is 0 Å².